The molecule has 0 aliphatic carbocycles. The summed E-state index contributed by atoms with van der Waals surface area (Å²) in [6, 6.07) is 5.81. The molecule has 1 aromatic carbocycles. The van der Waals surface area contributed by atoms with Gasteiger partial charge >= 0.3 is 5.97 Å². The van der Waals surface area contributed by atoms with Crippen molar-refractivity contribution in [3.8, 4) is 5.75 Å². The van der Waals surface area contributed by atoms with E-state index in [1.807, 2.05) is 6.92 Å². The topological polar surface area (TPSA) is 57.5 Å². The molecule has 0 saturated carbocycles. The van der Waals surface area contributed by atoms with Crippen molar-refractivity contribution < 1.29 is 15.0 Å². The molecule has 15 heavy (non-hydrogen) atoms. The van der Waals surface area contributed by atoms with Crippen molar-refractivity contribution in [2.45, 2.75) is 20.3 Å². The number of benzene rings is 1. The van der Waals surface area contributed by atoms with E-state index in [0.717, 1.165) is 6.42 Å². The molecule has 2 N–H and O–H groups in total. The smallest absolute Gasteiger partial charge is 0.339 e. The van der Waals surface area contributed by atoms with Gasteiger partial charge in [-0.2, -0.15) is 0 Å². The number of para-hydroxylation sites is 1. The van der Waals surface area contributed by atoms with Crippen LogP contribution in [0.4, 0.5) is 0 Å². The number of hydrogen-bond acceptors (Lipinski definition) is 2. The Morgan fingerprint density at radius 2 is 2.00 bits per heavy atom. The monoisotopic (exact) mass is 208 g/mol. The minimum absolute atomic E-state index is 0.0671. The lowest BCUT2D eigenvalue weighted by molar-refractivity contribution is 0.0694. The van der Waals surface area contributed by atoms with E-state index >= 15 is 0 Å². The van der Waals surface area contributed by atoms with Crippen LogP contribution in [-0.2, 0) is 0 Å². The summed E-state index contributed by atoms with van der Waals surface area (Å²) < 4.78 is 0. The summed E-state index contributed by atoms with van der Waals surface area (Å²) >= 11 is 0. The molecular formula is C12H16O3. The standard InChI is InChI=1S/C7H6O3.C5H10/c8-6-4-2-1-3-5(6)7(9)10;1-3-5-4-2/h1-4,8H,(H,9,10);3,5H,4H2,1-2H3. The van der Waals surface area contributed by atoms with Crippen molar-refractivity contribution in [2.75, 3.05) is 0 Å². The Hall–Kier alpha value is -1.77. The summed E-state index contributed by atoms with van der Waals surface area (Å²) in [6.45, 7) is 4.16. The number of hydrogen-bond donors (Lipinski definition) is 2. The molecule has 1 aromatic rings. The predicted molar refractivity (Wildman–Crippen MR) is 60.2 cm³/mol. The molecule has 0 saturated heterocycles. The molecule has 0 spiro atoms. The maximum Gasteiger partial charge on any atom is 0.339 e. The molecule has 0 atom stereocenters. The zero-order chi connectivity index (χ0) is 11.7. The highest BCUT2D eigenvalue weighted by Crippen LogP contribution is 2.14. The highest BCUT2D eigenvalue weighted by Gasteiger charge is 2.05. The number of rotatable bonds is 2. The molecule has 0 aromatic heterocycles. The summed E-state index contributed by atoms with van der Waals surface area (Å²) in [6.07, 6.45) is 5.34. The molecule has 82 valence electrons. The summed E-state index contributed by atoms with van der Waals surface area (Å²) in [5, 5.41) is 17.3. The van der Waals surface area contributed by atoms with Crippen molar-refractivity contribution in [1.82, 2.24) is 0 Å². The van der Waals surface area contributed by atoms with Crippen molar-refractivity contribution in [3.05, 3.63) is 42.0 Å². The van der Waals surface area contributed by atoms with E-state index in [-0.39, 0.29) is 11.3 Å². The lowest BCUT2D eigenvalue weighted by atomic mass is 10.2. The number of carboxylic acids is 1. The Morgan fingerprint density at radius 3 is 2.27 bits per heavy atom. The molecule has 0 unspecified atom stereocenters. The zero-order valence-corrected chi connectivity index (χ0v) is 8.97. The molecule has 0 radical (unpaired) electrons. The molecular weight excluding hydrogens is 192 g/mol. The first kappa shape index (κ1) is 13.2. The third-order valence-corrected chi connectivity index (χ3v) is 1.61. The number of aromatic carboxylic acids is 1. The first-order valence-corrected chi connectivity index (χ1v) is 4.75. The van der Waals surface area contributed by atoms with Crippen LogP contribution in [-0.4, -0.2) is 16.2 Å². The number of carbonyl (C=O) groups is 1. The Labute approximate surface area is 89.7 Å². The van der Waals surface area contributed by atoms with Crippen LogP contribution in [0.1, 0.15) is 30.6 Å². The van der Waals surface area contributed by atoms with Gasteiger partial charge in [0.2, 0.25) is 0 Å². The molecule has 0 fully saturated rings. The van der Waals surface area contributed by atoms with Gasteiger partial charge in [0.1, 0.15) is 11.3 Å². The fourth-order valence-electron chi connectivity index (χ4n) is 0.890. The minimum Gasteiger partial charge on any atom is -0.507 e. The highest BCUT2D eigenvalue weighted by atomic mass is 16.4. The van der Waals surface area contributed by atoms with Crippen molar-refractivity contribution in [3.63, 3.8) is 0 Å². The van der Waals surface area contributed by atoms with Gasteiger partial charge in [0.15, 0.2) is 0 Å². The average Bonchev–Trinajstić information content (AvgIpc) is 2.20. The molecule has 3 heteroatoms. The predicted octanol–water partition coefficient (Wildman–Crippen LogP) is 3.06. The molecule has 0 aliphatic rings. The van der Waals surface area contributed by atoms with Crippen LogP contribution in [0, 0.1) is 0 Å². The van der Waals surface area contributed by atoms with Crippen LogP contribution in [0.25, 0.3) is 0 Å². The van der Waals surface area contributed by atoms with E-state index in [9.17, 15) is 4.79 Å². The maximum atomic E-state index is 10.3. The number of aromatic hydroxyl groups is 1. The minimum atomic E-state index is -1.11. The molecule has 0 heterocycles. The van der Waals surface area contributed by atoms with Crippen molar-refractivity contribution in [2.24, 2.45) is 0 Å². The van der Waals surface area contributed by atoms with Gasteiger partial charge in [-0.05, 0) is 25.5 Å². The second kappa shape index (κ2) is 7.62. The van der Waals surface area contributed by atoms with Crippen LogP contribution in [0.15, 0.2) is 36.4 Å². The van der Waals surface area contributed by atoms with E-state index in [4.69, 9.17) is 10.2 Å². The molecule has 1 rings (SSSR count). The quantitative estimate of drug-likeness (QED) is 0.734. The Morgan fingerprint density at radius 1 is 1.40 bits per heavy atom. The van der Waals surface area contributed by atoms with Gasteiger partial charge in [0, 0.05) is 0 Å². The van der Waals surface area contributed by atoms with Gasteiger partial charge in [-0.3, -0.25) is 0 Å². The molecule has 0 bridgehead atoms. The summed E-state index contributed by atoms with van der Waals surface area (Å²) in [5.74, 6) is -1.31. The first-order chi connectivity index (χ1) is 7.13. The normalized spacial score (nSPS) is 9.47. The summed E-state index contributed by atoms with van der Waals surface area (Å²) in [7, 11) is 0. The van der Waals surface area contributed by atoms with Gasteiger partial charge in [-0.25, -0.2) is 4.79 Å². The van der Waals surface area contributed by atoms with Crippen LogP contribution >= 0.6 is 0 Å². The van der Waals surface area contributed by atoms with E-state index in [0.29, 0.717) is 0 Å². The largest absolute Gasteiger partial charge is 0.507 e. The Bertz CT molecular complexity index is 329. The van der Waals surface area contributed by atoms with Crippen molar-refractivity contribution >= 4 is 5.97 Å². The first-order valence-electron chi connectivity index (χ1n) is 4.75. The van der Waals surface area contributed by atoms with Gasteiger partial charge in [-0.15, -0.1) is 0 Å². The second-order valence-corrected chi connectivity index (χ2v) is 2.80. The van der Waals surface area contributed by atoms with Gasteiger partial charge < -0.3 is 10.2 Å². The van der Waals surface area contributed by atoms with Crippen LogP contribution in [0.2, 0.25) is 0 Å². The lowest BCUT2D eigenvalue weighted by Gasteiger charge is -1.95. The second-order valence-electron chi connectivity index (χ2n) is 2.80. The van der Waals surface area contributed by atoms with Crippen molar-refractivity contribution in [1.29, 1.82) is 0 Å². The summed E-state index contributed by atoms with van der Waals surface area (Å²) in [4.78, 5) is 10.3. The number of allylic oxidation sites excluding steroid dienone is 2. The molecule has 0 aliphatic heterocycles. The van der Waals surface area contributed by atoms with Gasteiger partial charge in [0.25, 0.3) is 0 Å². The fourth-order valence-corrected chi connectivity index (χ4v) is 0.890. The van der Waals surface area contributed by atoms with E-state index in [1.54, 1.807) is 12.1 Å². The lowest BCUT2D eigenvalue weighted by Crippen LogP contribution is -1.95. The zero-order valence-electron chi connectivity index (χ0n) is 8.97. The average molecular weight is 208 g/mol. The Balaban J connectivity index is 0.000000336. The Kier molecular flexibility index (Phi) is 6.72. The van der Waals surface area contributed by atoms with Crippen LogP contribution in [0.3, 0.4) is 0 Å². The molecule has 0 amide bonds. The van der Waals surface area contributed by atoms with E-state index < -0.39 is 5.97 Å². The third-order valence-electron chi connectivity index (χ3n) is 1.61. The van der Waals surface area contributed by atoms with Crippen LogP contribution in [0.5, 0.6) is 5.75 Å². The van der Waals surface area contributed by atoms with Gasteiger partial charge in [-0.1, -0.05) is 31.2 Å². The fraction of sp³-hybridized carbons (Fsp3) is 0.250. The third kappa shape index (κ3) is 5.52. The van der Waals surface area contributed by atoms with Gasteiger partial charge in [0.05, 0.1) is 0 Å². The van der Waals surface area contributed by atoms with Crippen LogP contribution < -0.4 is 0 Å². The summed E-state index contributed by atoms with van der Waals surface area (Å²) in [5.41, 5.74) is -0.0671. The SMILES string of the molecule is CC=CCC.O=C(O)c1ccccc1O. The molecule has 3 nitrogen and oxygen atoms in total. The maximum absolute atomic E-state index is 10.3. The number of carboxylic acid groups (broad SMARTS) is 1. The highest BCUT2D eigenvalue weighted by molar-refractivity contribution is 5.90. The number of phenols is 1. The van der Waals surface area contributed by atoms with E-state index in [1.165, 1.54) is 12.1 Å². The van der Waals surface area contributed by atoms with E-state index in [2.05, 4.69) is 19.1 Å².